The van der Waals surface area contributed by atoms with Crippen LogP contribution in [0.5, 0.6) is 0 Å². The molecule has 0 radical (unpaired) electrons. The van der Waals surface area contributed by atoms with Crippen molar-refractivity contribution in [2.45, 2.75) is 6.04 Å². The summed E-state index contributed by atoms with van der Waals surface area (Å²) >= 11 is 0. The molecular formula is C24H24N2O5. The van der Waals surface area contributed by atoms with Gasteiger partial charge in [-0.05, 0) is 29.8 Å². The van der Waals surface area contributed by atoms with Crippen LogP contribution in [0, 0.1) is 0 Å². The first-order valence-electron chi connectivity index (χ1n) is 9.96. The number of benzene rings is 2. The number of carbonyl (C=O) groups is 2. The molecule has 0 unspecified atom stereocenters. The van der Waals surface area contributed by atoms with E-state index in [1.165, 1.54) is 12.0 Å². The highest BCUT2D eigenvalue weighted by molar-refractivity contribution is 6.16. The molecule has 31 heavy (non-hydrogen) atoms. The number of hydrogen-bond acceptors (Lipinski definition) is 6. The fraction of sp³-hybridized carbons (Fsp3) is 0.250. The van der Waals surface area contributed by atoms with E-state index in [4.69, 9.17) is 9.15 Å². The van der Waals surface area contributed by atoms with Gasteiger partial charge in [0.15, 0.2) is 11.5 Å². The van der Waals surface area contributed by atoms with Gasteiger partial charge in [0, 0.05) is 38.8 Å². The number of rotatable bonds is 7. The van der Waals surface area contributed by atoms with Crippen LogP contribution in [-0.2, 0) is 9.53 Å². The summed E-state index contributed by atoms with van der Waals surface area (Å²) in [6.45, 7) is 0.508. The normalized spacial score (nSPS) is 16.4. The van der Waals surface area contributed by atoms with Gasteiger partial charge < -0.3 is 24.1 Å². The lowest BCUT2D eigenvalue weighted by Crippen LogP contribution is -2.34. The quantitative estimate of drug-likeness (QED) is 0.587. The SMILES string of the molecule is COCCN1C(=O)C(O)=C(C(=O)c2cc3ccccc3o2)[C@@H]1c1ccc(N(C)C)cc1. The Labute approximate surface area is 180 Å². The molecule has 0 spiro atoms. The molecule has 1 aromatic heterocycles. The van der Waals surface area contributed by atoms with E-state index in [-0.39, 0.29) is 24.5 Å². The lowest BCUT2D eigenvalue weighted by molar-refractivity contribution is -0.130. The molecule has 0 saturated carbocycles. The number of ether oxygens (including phenoxy) is 1. The van der Waals surface area contributed by atoms with Crippen molar-refractivity contribution in [2.75, 3.05) is 39.3 Å². The van der Waals surface area contributed by atoms with E-state index >= 15 is 0 Å². The van der Waals surface area contributed by atoms with Gasteiger partial charge in [-0.15, -0.1) is 0 Å². The van der Waals surface area contributed by atoms with Crippen LogP contribution in [-0.4, -0.2) is 56.1 Å². The molecule has 1 amide bonds. The summed E-state index contributed by atoms with van der Waals surface area (Å²) in [5, 5.41) is 11.5. The summed E-state index contributed by atoms with van der Waals surface area (Å²) in [5.41, 5.74) is 2.28. The molecule has 2 heterocycles. The number of methoxy groups -OCH3 is 1. The van der Waals surface area contributed by atoms with Crippen molar-refractivity contribution in [2.24, 2.45) is 0 Å². The average Bonchev–Trinajstić information content (AvgIpc) is 3.31. The highest BCUT2D eigenvalue weighted by Gasteiger charge is 2.44. The Balaban J connectivity index is 1.78. The Kier molecular flexibility index (Phi) is 5.52. The smallest absolute Gasteiger partial charge is 0.290 e. The molecule has 3 aromatic rings. The third-order valence-electron chi connectivity index (χ3n) is 5.46. The van der Waals surface area contributed by atoms with Gasteiger partial charge in [0.05, 0.1) is 18.2 Å². The number of ketones is 1. The minimum Gasteiger partial charge on any atom is -0.503 e. The second-order valence-corrected chi connectivity index (χ2v) is 7.62. The van der Waals surface area contributed by atoms with Crippen LogP contribution in [0.4, 0.5) is 5.69 Å². The van der Waals surface area contributed by atoms with E-state index in [1.807, 2.05) is 61.5 Å². The summed E-state index contributed by atoms with van der Waals surface area (Å²) in [6, 6.07) is 15.7. The van der Waals surface area contributed by atoms with Crippen LogP contribution >= 0.6 is 0 Å². The largest absolute Gasteiger partial charge is 0.503 e. The van der Waals surface area contributed by atoms with Gasteiger partial charge in [0.1, 0.15) is 5.58 Å². The summed E-state index contributed by atoms with van der Waals surface area (Å²) in [7, 11) is 5.40. The molecule has 0 fully saturated rings. The standard InChI is InChI=1S/C24H24N2O5/c1-25(2)17-10-8-15(9-11-17)21-20(23(28)24(29)26(21)12-13-30-3)22(27)19-14-16-6-4-5-7-18(16)31-19/h4-11,14,21,28H,12-13H2,1-3H3/t21-/m0/s1. The molecule has 7 nitrogen and oxygen atoms in total. The zero-order valence-electron chi connectivity index (χ0n) is 17.7. The van der Waals surface area contributed by atoms with Crippen LogP contribution < -0.4 is 4.90 Å². The van der Waals surface area contributed by atoms with Gasteiger partial charge in [0.2, 0.25) is 5.78 Å². The molecular weight excluding hydrogens is 396 g/mol. The minimum atomic E-state index is -0.737. The zero-order chi connectivity index (χ0) is 22.1. The number of anilines is 1. The van der Waals surface area contributed by atoms with Gasteiger partial charge in [0.25, 0.3) is 5.91 Å². The maximum absolute atomic E-state index is 13.4. The lowest BCUT2D eigenvalue weighted by Gasteiger charge is -2.26. The van der Waals surface area contributed by atoms with Crippen molar-refractivity contribution < 1.29 is 23.8 Å². The Bertz CT molecular complexity index is 1130. The molecule has 1 atom stereocenters. The molecule has 2 aromatic carbocycles. The van der Waals surface area contributed by atoms with Crippen LogP contribution in [0.15, 0.2) is 70.3 Å². The van der Waals surface area contributed by atoms with Crippen LogP contribution in [0.3, 0.4) is 0 Å². The first-order valence-corrected chi connectivity index (χ1v) is 9.96. The zero-order valence-corrected chi connectivity index (χ0v) is 17.7. The summed E-state index contributed by atoms with van der Waals surface area (Å²) in [4.78, 5) is 29.7. The number of fused-ring (bicyclic) bond motifs is 1. The first-order chi connectivity index (χ1) is 14.9. The second kappa shape index (κ2) is 8.28. The Hall–Kier alpha value is -3.58. The van der Waals surface area contributed by atoms with E-state index in [9.17, 15) is 14.7 Å². The number of nitrogens with zero attached hydrogens (tertiary/aromatic N) is 2. The van der Waals surface area contributed by atoms with E-state index in [0.29, 0.717) is 5.58 Å². The van der Waals surface area contributed by atoms with Crippen LogP contribution in [0.25, 0.3) is 11.0 Å². The van der Waals surface area contributed by atoms with E-state index < -0.39 is 23.5 Å². The van der Waals surface area contributed by atoms with Crippen molar-refractivity contribution in [1.82, 2.24) is 4.90 Å². The van der Waals surface area contributed by atoms with Gasteiger partial charge in [-0.2, -0.15) is 0 Å². The number of carbonyl (C=O) groups excluding carboxylic acids is 2. The van der Waals surface area contributed by atoms with Crippen molar-refractivity contribution >= 4 is 28.3 Å². The minimum absolute atomic E-state index is 0.0118. The third-order valence-corrected chi connectivity index (χ3v) is 5.46. The fourth-order valence-electron chi connectivity index (χ4n) is 3.83. The maximum atomic E-state index is 13.4. The fourth-order valence-corrected chi connectivity index (χ4v) is 3.83. The summed E-state index contributed by atoms with van der Waals surface area (Å²) in [6.07, 6.45) is 0. The highest BCUT2D eigenvalue weighted by Crippen LogP contribution is 2.39. The van der Waals surface area contributed by atoms with E-state index in [2.05, 4.69) is 0 Å². The molecule has 1 N–H and O–H groups in total. The summed E-state index contributed by atoms with van der Waals surface area (Å²) < 4.78 is 10.9. The second-order valence-electron chi connectivity index (χ2n) is 7.62. The average molecular weight is 420 g/mol. The van der Waals surface area contributed by atoms with Gasteiger partial charge in [-0.3, -0.25) is 9.59 Å². The van der Waals surface area contributed by atoms with Crippen molar-refractivity contribution in [3.05, 3.63) is 77.3 Å². The van der Waals surface area contributed by atoms with E-state index in [0.717, 1.165) is 16.6 Å². The molecule has 0 bridgehead atoms. The molecule has 1 aliphatic rings. The molecule has 160 valence electrons. The maximum Gasteiger partial charge on any atom is 0.290 e. The first kappa shape index (κ1) is 20.7. The van der Waals surface area contributed by atoms with Gasteiger partial charge in [-0.25, -0.2) is 0 Å². The summed E-state index contributed by atoms with van der Waals surface area (Å²) in [5.74, 6) is -1.58. The number of aliphatic hydroxyl groups excluding tert-OH is 1. The Morgan fingerprint density at radius 2 is 1.87 bits per heavy atom. The van der Waals surface area contributed by atoms with E-state index in [1.54, 1.807) is 12.1 Å². The number of furan rings is 1. The topological polar surface area (TPSA) is 83.2 Å². The van der Waals surface area contributed by atoms with Gasteiger partial charge in [-0.1, -0.05) is 30.3 Å². The molecule has 4 rings (SSSR count). The lowest BCUT2D eigenvalue weighted by atomic mass is 9.94. The highest BCUT2D eigenvalue weighted by atomic mass is 16.5. The Morgan fingerprint density at radius 1 is 1.16 bits per heavy atom. The monoisotopic (exact) mass is 420 g/mol. The number of para-hydroxylation sites is 1. The number of Topliss-reactive ketones (excluding diaryl/α,β-unsaturated/α-hetero) is 1. The predicted molar refractivity (Wildman–Crippen MR) is 117 cm³/mol. The molecule has 1 aliphatic heterocycles. The van der Waals surface area contributed by atoms with Crippen molar-refractivity contribution in [3.63, 3.8) is 0 Å². The Morgan fingerprint density at radius 3 is 2.52 bits per heavy atom. The molecule has 0 aliphatic carbocycles. The number of aliphatic hydroxyl groups is 1. The predicted octanol–water partition coefficient (Wildman–Crippen LogP) is 3.72. The number of amides is 1. The number of hydrogen-bond donors (Lipinski definition) is 1. The van der Waals surface area contributed by atoms with Gasteiger partial charge >= 0.3 is 0 Å². The van der Waals surface area contributed by atoms with Crippen molar-refractivity contribution in [1.29, 1.82) is 0 Å². The molecule has 0 saturated heterocycles. The van der Waals surface area contributed by atoms with Crippen LogP contribution in [0.1, 0.15) is 22.2 Å². The molecule has 7 heteroatoms. The van der Waals surface area contributed by atoms with Crippen molar-refractivity contribution in [3.8, 4) is 0 Å². The third kappa shape index (κ3) is 3.68. The van der Waals surface area contributed by atoms with Crippen LogP contribution in [0.2, 0.25) is 0 Å².